The summed E-state index contributed by atoms with van der Waals surface area (Å²) < 4.78 is 0. The van der Waals surface area contributed by atoms with Crippen LogP contribution in [0, 0.1) is 0 Å². The lowest BCUT2D eigenvalue weighted by Crippen LogP contribution is -2.16. The molecule has 2 rings (SSSR count). The maximum absolute atomic E-state index is 5.82. The van der Waals surface area contributed by atoms with Gasteiger partial charge in [-0.3, -0.25) is 0 Å². The van der Waals surface area contributed by atoms with Crippen molar-refractivity contribution in [2.75, 3.05) is 6.54 Å². The van der Waals surface area contributed by atoms with E-state index in [1.807, 2.05) is 24.5 Å². The number of H-pyrrole nitrogens is 1. The first-order valence-electron chi connectivity index (χ1n) is 5.41. The van der Waals surface area contributed by atoms with E-state index in [1.165, 1.54) is 11.1 Å². The number of nitrogens with one attached hydrogen (secondary N) is 2. The van der Waals surface area contributed by atoms with Crippen molar-refractivity contribution in [3.05, 3.63) is 58.9 Å². The molecule has 0 bridgehead atoms. The standard InChI is InChI=1S/C13H15ClN2/c14-13-3-1-11(2-4-13)5-7-15-9-12-6-8-16-10-12/h1-4,6,8,10,15-16H,5,7,9H2. The van der Waals surface area contributed by atoms with Crippen LogP contribution in [-0.2, 0) is 13.0 Å². The van der Waals surface area contributed by atoms with Gasteiger partial charge in [-0.25, -0.2) is 0 Å². The summed E-state index contributed by atoms with van der Waals surface area (Å²) in [6, 6.07) is 10.1. The van der Waals surface area contributed by atoms with Crippen molar-refractivity contribution in [3.63, 3.8) is 0 Å². The fourth-order valence-electron chi connectivity index (χ4n) is 1.58. The average Bonchev–Trinajstić information content (AvgIpc) is 2.80. The van der Waals surface area contributed by atoms with Gasteiger partial charge < -0.3 is 10.3 Å². The summed E-state index contributed by atoms with van der Waals surface area (Å²) in [6.07, 6.45) is 4.98. The molecule has 0 saturated heterocycles. The normalized spacial score (nSPS) is 10.6. The highest BCUT2D eigenvalue weighted by Crippen LogP contribution is 2.09. The fraction of sp³-hybridized carbons (Fsp3) is 0.231. The molecule has 84 valence electrons. The Labute approximate surface area is 101 Å². The van der Waals surface area contributed by atoms with Gasteiger partial charge in [-0.2, -0.15) is 0 Å². The summed E-state index contributed by atoms with van der Waals surface area (Å²) in [5, 5.41) is 4.19. The van der Waals surface area contributed by atoms with E-state index < -0.39 is 0 Å². The molecule has 2 N–H and O–H groups in total. The molecule has 0 saturated carbocycles. The predicted molar refractivity (Wildman–Crippen MR) is 67.7 cm³/mol. The molecule has 16 heavy (non-hydrogen) atoms. The summed E-state index contributed by atoms with van der Waals surface area (Å²) in [6.45, 7) is 1.89. The molecule has 1 aromatic carbocycles. The van der Waals surface area contributed by atoms with Crippen molar-refractivity contribution in [3.8, 4) is 0 Å². The van der Waals surface area contributed by atoms with Gasteiger partial charge in [0.2, 0.25) is 0 Å². The molecular formula is C13H15ClN2. The number of hydrogen-bond donors (Lipinski definition) is 2. The minimum Gasteiger partial charge on any atom is -0.367 e. The molecule has 1 aromatic heterocycles. The van der Waals surface area contributed by atoms with E-state index in [1.54, 1.807) is 0 Å². The van der Waals surface area contributed by atoms with Gasteiger partial charge in [-0.05, 0) is 42.3 Å². The zero-order valence-electron chi connectivity index (χ0n) is 9.04. The van der Waals surface area contributed by atoms with Crippen LogP contribution in [0.4, 0.5) is 0 Å². The lowest BCUT2D eigenvalue weighted by atomic mass is 10.1. The zero-order chi connectivity index (χ0) is 11.2. The van der Waals surface area contributed by atoms with Gasteiger partial charge in [0.25, 0.3) is 0 Å². The van der Waals surface area contributed by atoms with Crippen molar-refractivity contribution < 1.29 is 0 Å². The van der Waals surface area contributed by atoms with E-state index in [0.717, 1.165) is 24.5 Å². The van der Waals surface area contributed by atoms with E-state index in [9.17, 15) is 0 Å². The first kappa shape index (κ1) is 11.2. The molecule has 2 aromatic rings. The molecule has 0 spiro atoms. The average molecular weight is 235 g/mol. The van der Waals surface area contributed by atoms with E-state index in [-0.39, 0.29) is 0 Å². The molecule has 0 amide bonds. The highest BCUT2D eigenvalue weighted by atomic mass is 35.5. The highest BCUT2D eigenvalue weighted by molar-refractivity contribution is 6.30. The van der Waals surface area contributed by atoms with Gasteiger partial charge in [0, 0.05) is 24.0 Å². The summed E-state index contributed by atoms with van der Waals surface area (Å²) in [5.41, 5.74) is 2.60. The van der Waals surface area contributed by atoms with Crippen LogP contribution in [0.3, 0.4) is 0 Å². The third-order valence-electron chi connectivity index (χ3n) is 2.50. The minimum absolute atomic E-state index is 0.795. The van der Waals surface area contributed by atoms with Gasteiger partial charge in [0.1, 0.15) is 0 Å². The van der Waals surface area contributed by atoms with Crippen LogP contribution in [0.25, 0.3) is 0 Å². The van der Waals surface area contributed by atoms with Crippen LogP contribution in [0.15, 0.2) is 42.7 Å². The second-order valence-corrected chi connectivity index (χ2v) is 4.21. The Balaban J connectivity index is 1.70. The van der Waals surface area contributed by atoms with Crippen LogP contribution in [0.5, 0.6) is 0 Å². The van der Waals surface area contributed by atoms with Gasteiger partial charge in [-0.1, -0.05) is 23.7 Å². The number of hydrogen-bond acceptors (Lipinski definition) is 1. The SMILES string of the molecule is Clc1ccc(CCNCc2cc[nH]c2)cc1. The third-order valence-corrected chi connectivity index (χ3v) is 2.75. The Hall–Kier alpha value is -1.25. The predicted octanol–water partition coefficient (Wildman–Crippen LogP) is 3.00. The van der Waals surface area contributed by atoms with E-state index in [2.05, 4.69) is 28.5 Å². The van der Waals surface area contributed by atoms with Gasteiger partial charge in [0.15, 0.2) is 0 Å². The first-order chi connectivity index (χ1) is 7.84. The molecule has 0 atom stereocenters. The molecule has 0 radical (unpaired) electrons. The second kappa shape index (κ2) is 5.73. The topological polar surface area (TPSA) is 27.8 Å². The maximum atomic E-state index is 5.82. The monoisotopic (exact) mass is 234 g/mol. The van der Waals surface area contributed by atoms with Crippen LogP contribution >= 0.6 is 11.6 Å². The Bertz CT molecular complexity index is 406. The lowest BCUT2D eigenvalue weighted by Gasteiger charge is -2.03. The maximum Gasteiger partial charge on any atom is 0.0406 e. The summed E-state index contributed by atoms with van der Waals surface area (Å²) >= 11 is 5.82. The van der Waals surface area contributed by atoms with Crippen LogP contribution in [0.2, 0.25) is 5.02 Å². The summed E-state index contributed by atoms with van der Waals surface area (Å²) in [7, 11) is 0. The molecule has 3 heteroatoms. The van der Waals surface area contributed by atoms with Crippen LogP contribution in [-0.4, -0.2) is 11.5 Å². The third kappa shape index (κ3) is 3.40. The molecule has 0 fully saturated rings. The number of aromatic nitrogens is 1. The fourth-order valence-corrected chi connectivity index (χ4v) is 1.71. The largest absolute Gasteiger partial charge is 0.367 e. The molecule has 0 unspecified atom stereocenters. The Morgan fingerprint density at radius 1 is 1.06 bits per heavy atom. The zero-order valence-corrected chi connectivity index (χ0v) is 9.80. The highest BCUT2D eigenvalue weighted by Gasteiger charge is 1.94. The molecular weight excluding hydrogens is 220 g/mol. The lowest BCUT2D eigenvalue weighted by molar-refractivity contribution is 0.687. The Kier molecular flexibility index (Phi) is 4.03. The van der Waals surface area contributed by atoms with Crippen LogP contribution < -0.4 is 5.32 Å². The number of halogens is 1. The van der Waals surface area contributed by atoms with Crippen molar-refractivity contribution in [1.82, 2.24) is 10.3 Å². The van der Waals surface area contributed by atoms with Crippen LogP contribution in [0.1, 0.15) is 11.1 Å². The molecule has 1 heterocycles. The Morgan fingerprint density at radius 3 is 2.56 bits per heavy atom. The molecule has 0 aliphatic carbocycles. The summed E-state index contributed by atoms with van der Waals surface area (Å²) in [4.78, 5) is 3.04. The van der Waals surface area contributed by atoms with Gasteiger partial charge >= 0.3 is 0 Å². The molecule has 0 aliphatic heterocycles. The van der Waals surface area contributed by atoms with E-state index in [0.29, 0.717) is 0 Å². The van der Waals surface area contributed by atoms with E-state index >= 15 is 0 Å². The minimum atomic E-state index is 0.795. The second-order valence-electron chi connectivity index (χ2n) is 3.77. The quantitative estimate of drug-likeness (QED) is 0.765. The molecule has 2 nitrogen and oxygen atoms in total. The number of rotatable bonds is 5. The first-order valence-corrected chi connectivity index (χ1v) is 5.79. The van der Waals surface area contributed by atoms with E-state index in [4.69, 9.17) is 11.6 Å². The Morgan fingerprint density at radius 2 is 1.88 bits per heavy atom. The smallest absolute Gasteiger partial charge is 0.0406 e. The summed E-state index contributed by atoms with van der Waals surface area (Å²) in [5.74, 6) is 0. The van der Waals surface area contributed by atoms with Gasteiger partial charge in [0.05, 0.1) is 0 Å². The van der Waals surface area contributed by atoms with Crippen molar-refractivity contribution in [2.45, 2.75) is 13.0 Å². The van der Waals surface area contributed by atoms with Crippen molar-refractivity contribution in [2.24, 2.45) is 0 Å². The van der Waals surface area contributed by atoms with Crippen molar-refractivity contribution >= 4 is 11.6 Å². The number of benzene rings is 1. The number of aromatic amines is 1. The molecule has 0 aliphatic rings. The van der Waals surface area contributed by atoms with Crippen molar-refractivity contribution in [1.29, 1.82) is 0 Å². The van der Waals surface area contributed by atoms with Gasteiger partial charge in [-0.15, -0.1) is 0 Å².